The van der Waals surface area contributed by atoms with E-state index in [1.54, 1.807) is 0 Å². The molecule has 6 aromatic carbocycles. The van der Waals surface area contributed by atoms with Crippen molar-refractivity contribution in [1.82, 2.24) is 9.97 Å². The molecular formula is C36H24N2S. The van der Waals surface area contributed by atoms with Gasteiger partial charge in [0.2, 0.25) is 0 Å². The van der Waals surface area contributed by atoms with Gasteiger partial charge in [-0.3, -0.25) is 4.98 Å². The average molecular weight is 517 g/mol. The highest BCUT2D eigenvalue weighted by Crippen LogP contribution is 2.40. The molecule has 2 aromatic heterocycles. The highest BCUT2D eigenvalue weighted by Gasteiger charge is 2.15. The molecule has 2 heterocycles. The topological polar surface area (TPSA) is 25.8 Å². The summed E-state index contributed by atoms with van der Waals surface area (Å²) in [4.78, 5) is 10.3. The van der Waals surface area contributed by atoms with Gasteiger partial charge in [0, 0.05) is 36.5 Å². The first kappa shape index (κ1) is 22.4. The Balaban J connectivity index is 1.38. The zero-order valence-corrected chi connectivity index (χ0v) is 22.5. The maximum atomic E-state index is 5.30. The molecule has 0 aliphatic carbocycles. The molecule has 0 radical (unpaired) electrons. The maximum absolute atomic E-state index is 5.30. The predicted molar refractivity (Wildman–Crippen MR) is 168 cm³/mol. The average Bonchev–Trinajstić information content (AvgIpc) is 3.35. The first-order valence-corrected chi connectivity index (χ1v) is 14.1. The van der Waals surface area contributed by atoms with Gasteiger partial charge in [-0.2, -0.15) is 0 Å². The van der Waals surface area contributed by atoms with Crippen molar-refractivity contribution in [3.63, 3.8) is 0 Å². The fourth-order valence-electron chi connectivity index (χ4n) is 5.93. The Morgan fingerprint density at radius 3 is 1.97 bits per heavy atom. The summed E-state index contributed by atoms with van der Waals surface area (Å²) in [5, 5.41) is 7.38. The minimum absolute atomic E-state index is 0.890. The van der Waals surface area contributed by atoms with Crippen LogP contribution in [0.5, 0.6) is 0 Å². The molecule has 0 aliphatic rings. The molecule has 184 valence electrons. The van der Waals surface area contributed by atoms with E-state index in [0.717, 1.165) is 33.1 Å². The number of thiophene rings is 1. The minimum atomic E-state index is 0.890. The second-order valence-electron chi connectivity index (χ2n) is 10.4. The Morgan fingerprint density at radius 1 is 0.513 bits per heavy atom. The third-order valence-corrected chi connectivity index (χ3v) is 8.97. The van der Waals surface area contributed by atoms with E-state index in [2.05, 4.69) is 117 Å². The SMILES string of the molecule is Cc1ccc2c(c1)c1cc(C)ccc1c1nc(-c3ccccc3-c3ccc4sc5ccccc5c4c3)cnc21. The normalized spacial score (nSPS) is 11.8. The van der Waals surface area contributed by atoms with Crippen LogP contribution in [0.15, 0.2) is 109 Å². The molecule has 0 saturated heterocycles. The number of hydrogen-bond donors (Lipinski definition) is 0. The van der Waals surface area contributed by atoms with E-state index in [1.807, 2.05) is 17.5 Å². The molecule has 0 atom stereocenters. The van der Waals surface area contributed by atoms with E-state index in [1.165, 1.54) is 53.2 Å². The molecule has 0 unspecified atom stereocenters. The summed E-state index contributed by atoms with van der Waals surface area (Å²) in [6.45, 7) is 4.30. The van der Waals surface area contributed by atoms with Crippen LogP contribution in [0.3, 0.4) is 0 Å². The summed E-state index contributed by atoms with van der Waals surface area (Å²) >= 11 is 1.85. The number of aryl methyl sites for hydroxylation is 2. The van der Waals surface area contributed by atoms with Crippen LogP contribution >= 0.6 is 11.3 Å². The summed E-state index contributed by atoms with van der Waals surface area (Å²) in [5.74, 6) is 0. The van der Waals surface area contributed by atoms with Crippen LogP contribution in [0.2, 0.25) is 0 Å². The maximum Gasteiger partial charge on any atom is 0.0979 e. The lowest BCUT2D eigenvalue weighted by Gasteiger charge is -2.13. The number of benzene rings is 6. The minimum Gasteiger partial charge on any atom is -0.252 e. The van der Waals surface area contributed by atoms with Crippen molar-refractivity contribution in [2.45, 2.75) is 13.8 Å². The van der Waals surface area contributed by atoms with Crippen molar-refractivity contribution in [1.29, 1.82) is 0 Å². The van der Waals surface area contributed by atoms with Gasteiger partial charge in [-0.25, -0.2) is 4.98 Å². The van der Waals surface area contributed by atoms with Crippen LogP contribution in [0.4, 0.5) is 0 Å². The molecule has 3 heteroatoms. The van der Waals surface area contributed by atoms with Crippen LogP contribution in [0.25, 0.3) is 75.1 Å². The van der Waals surface area contributed by atoms with Gasteiger partial charge in [0.1, 0.15) is 0 Å². The van der Waals surface area contributed by atoms with Gasteiger partial charge < -0.3 is 0 Å². The first-order valence-electron chi connectivity index (χ1n) is 13.2. The highest BCUT2D eigenvalue weighted by molar-refractivity contribution is 7.25. The molecule has 0 bridgehead atoms. The third kappa shape index (κ3) is 3.47. The fourth-order valence-corrected chi connectivity index (χ4v) is 7.02. The van der Waals surface area contributed by atoms with E-state index in [4.69, 9.17) is 9.97 Å². The van der Waals surface area contributed by atoms with Crippen LogP contribution in [0.1, 0.15) is 11.1 Å². The molecule has 2 nitrogen and oxygen atoms in total. The van der Waals surface area contributed by atoms with Crippen molar-refractivity contribution in [2.24, 2.45) is 0 Å². The lowest BCUT2D eigenvalue weighted by Crippen LogP contribution is -1.94. The number of fused-ring (bicyclic) bond motifs is 9. The standard InChI is InChI=1S/C36H24N2S/c1-21-11-14-27-29(17-21)30-18-22(2)12-15-28(30)36-35(27)37-20-32(38-36)25-8-4-3-7-24(25)23-13-16-34-31(19-23)26-9-5-6-10-33(26)39-34/h3-20H,1-2H3. The highest BCUT2D eigenvalue weighted by atomic mass is 32.1. The van der Waals surface area contributed by atoms with Gasteiger partial charge in [0.25, 0.3) is 0 Å². The van der Waals surface area contributed by atoms with Gasteiger partial charge in [-0.1, -0.05) is 96.1 Å². The summed E-state index contributed by atoms with van der Waals surface area (Å²) in [5.41, 5.74) is 8.74. The van der Waals surface area contributed by atoms with Gasteiger partial charge in [-0.15, -0.1) is 11.3 Å². The van der Waals surface area contributed by atoms with Gasteiger partial charge in [0.15, 0.2) is 0 Å². The van der Waals surface area contributed by atoms with E-state index in [9.17, 15) is 0 Å². The second kappa shape index (κ2) is 8.45. The molecule has 0 spiro atoms. The number of aromatic nitrogens is 2. The summed E-state index contributed by atoms with van der Waals surface area (Å²) in [7, 11) is 0. The first-order chi connectivity index (χ1) is 19.1. The third-order valence-electron chi connectivity index (χ3n) is 7.81. The smallest absolute Gasteiger partial charge is 0.0979 e. The fraction of sp³-hybridized carbons (Fsp3) is 0.0556. The molecule has 0 fully saturated rings. The lowest BCUT2D eigenvalue weighted by molar-refractivity contribution is 1.31. The molecule has 8 aromatic rings. The van der Waals surface area contributed by atoms with Gasteiger partial charge in [0.05, 0.1) is 22.9 Å². The quantitative estimate of drug-likeness (QED) is 0.214. The van der Waals surface area contributed by atoms with E-state index in [-0.39, 0.29) is 0 Å². The number of hydrogen-bond acceptors (Lipinski definition) is 3. The Kier molecular flexibility index (Phi) is 4.85. The Morgan fingerprint density at radius 2 is 1.18 bits per heavy atom. The second-order valence-corrected chi connectivity index (χ2v) is 11.5. The summed E-state index contributed by atoms with van der Waals surface area (Å²) in [6.07, 6.45) is 1.94. The lowest BCUT2D eigenvalue weighted by atomic mass is 9.95. The van der Waals surface area contributed by atoms with Crippen molar-refractivity contribution >= 4 is 64.1 Å². The number of nitrogens with zero attached hydrogens (tertiary/aromatic N) is 2. The van der Waals surface area contributed by atoms with Gasteiger partial charge in [-0.05, 0) is 53.9 Å². The molecule has 39 heavy (non-hydrogen) atoms. The Labute approximate surface area is 230 Å². The predicted octanol–water partition coefficient (Wildman–Crippen LogP) is 10.3. The van der Waals surface area contributed by atoms with Crippen molar-refractivity contribution in [2.75, 3.05) is 0 Å². The molecule has 0 amide bonds. The van der Waals surface area contributed by atoms with Crippen molar-refractivity contribution in [3.8, 4) is 22.4 Å². The summed E-state index contributed by atoms with van der Waals surface area (Å²) < 4.78 is 2.63. The molecular weight excluding hydrogens is 492 g/mol. The molecule has 8 rings (SSSR count). The molecule has 0 N–H and O–H groups in total. The van der Waals surface area contributed by atoms with Crippen molar-refractivity contribution < 1.29 is 0 Å². The zero-order valence-electron chi connectivity index (χ0n) is 21.7. The number of rotatable bonds is 2. The largest absolute Gasteiger partial charge is 0.252 e. The van der Waals surface area contributed by atoms with Crippen LogP contribution in [0, 0.1) is 13.8 Å². The van der Waals surface area contributed by atoms with Gasteiger partial charge >= 0.3 is 0 Å². The van der Waals surface area contributed by atoms with Crippen LogP contribution in [-0.2, 0) is 0 Å². The molecule has 0 saturated carbocycles. The van der Waals surface area contributed by atoms with E-state index < -0.39 is 0 Å². The van der Waals surface area contributed by atoms with Crippen molar-refractivity contribution in [3.05, 3.63) is 120 Å². The van der Waals surface area contributed by atoms with Crippen LogP contribution < -0.4 is 0 Å². The molecule has 0 aliphatic heterocycles. The zero-order chi connectivity index (χ0) is 26.1. The Bertz CT molecular complexity index is 2260. The monoisotopic (exact) mass is 516 g/mol. The van der Waals surface area contributed by atoms with Crippen LogP contribution in [-0.4, -0.2) is 9.97 Å². The Hall–Kier alpha value is -4.60. The van der Waals surface area contributed by atoms with E-state index in [0.29, 0.717) is 0 Å². The van der Waals surface area contributed by atoms with E-state index >= 15 is 0 Å². The summed E-state index contributed by atoms with van der Waals surface area (Å²) in [6, 6.07) is 37.3.